The van der Waals surface area contributed by atoms with Gasteiger partial charge in [-0.2, -0.15) is 5.10 Å². The number of pyridine rings is 1. The third kappa shape index (κ3) is 4.27. The number of carbonyl (C=O) groups is 1. The van der Waals surface area contributed by atoms with E-state index >= 15 is 0 Å². The smallest absolute Gasteiger partial charge is 0.317 e. The molecule has 7 nitrogen and oxygen atoms in total. The number of H-pyrrole nitrogens is 1. The maximum absolute atomic E-state index is 13.5. The van der Waals surface area contributed by atoms with E-state index in [1.165, 1.54) is 16.7 Å². The number of hydrogen-bond acceptors (Lipinski definition) is 4. The molecular formula is C29H30N6O. The zero-order chi connectivity index (χ0) is 24.5. The van der Waals surface area contributed by atoms with Crippen molar-refractivity contribution in [2.45, 2.75) is 24.9 Å². The largest absolute Gasteiger partial charge is 0.333 e. The molecule has 0 radical (unpaired) electrons. The fraction of sp³-hybridized carbons (Fsp3) is 0.276. The van der Waals surface area contributed by atoms with Gasteiger partial charge in [0, 0.05) is 61.2 Å². The van der Waals surface area contributed by atoms with Crippen LogP contribution in [-0.4, -0.2) is 63.7 Å². The highest BCUT2D eigenvalue weighted by molar-refractivity contribution is 5.76. The van der Waals surface area contributed by atoms with Crippen molar-refractivity contribution in [2.75, 3.05) is 26.7 Å². The molecule has 2 atom stereocenters. The molecule has 7 heteroatoms. The lowest BCUT2D eigenvalue weighted by atomic mass is 9.87. The maximum atomic E-state index is 13.5. The molecule has 2 unspecified atom stereocenters. The third-order valence-electron chi connectivity index (χ3n) is 7.43. The van der Waals surface area contributed by atoms with Crippen LogP contribution in [0, 0.1) is 0 Å². The monoisotopic (exact) mass is 478 g/mol. The molecule has 4 heterocycles. The van der Waals surface area contributed by atoms with Crippen LogP contribution in [0.1, 0.15) is 22.7 Å². The second-order valence-corrected chi connectivity index (χ2v) is 9.77. The number of nitrogens with zero attached hydrogens (tertiary/aromatic N) is 4. The molecule has 0 spiro atoms. The lowest BCUT2D eigenvalue weighted by Crippen LogP contribution is -2.48. The summed E-state index contributed by atoms with van der Waals surface area (Å²) in [5.41, 5.74) is 7.85. The fourth-order valence-electron chi connectivity index (χ4n) is 5.63. The molecule has 1 saturated heterocycles. The highest BCUT2D eigenvalue weighted by Crippen LogP contribution is 2.35. The van der Waals surface area contributed by atoms with Gasteiger partial charge in [-0.25, -0.2) is 4.79 Å². The Bertz CT molecular complexity index is 1350. The minimum absolute atomic E-state index is 0.00924. The van der Waals surface area contributed by atoms with Gasteiger partial charge >= 0.3 is 6.03 Å². The summed E-state index contributed by atoms with van der Waals surface area (Å²) in [4.78, 5) is 21.9. The molecule has 2 amide bonds. The molecule has 182 valence electrons. The molecule has 36 heavy (non-hydrogen) atoms. The number of benzene rings is 2. The number of rotatable bonds is 4. The Labute approximate surface area is 211 Å². The summed E-state index contributed by atoms with van der Waals surface area (Å²) in [5, 5.41) is 11.1. The Morgan fingerprint density at radius 2 is 1.75 bits per heavy atom. The van der Waals surface area contributed by atoms with Crippen LogP contribution in [0.15, 0.2) is 79.1 Å². The summed E-state index contributed by atoms with van der Waals surface area (Å²) in [6, 6.07) is 23.0. The van der Waals surface area contributed by atoms with Gasteiger partial charge in [-0.1, -0.05) is 54.6 Å². The summed E-state index contributed by atoms with van der Waals surface area (Å²) in [6.45, 7) is 2.95. The van der Waals surface area contributed by atoms with Gasteiger partial charge in [-0.15, -0.1) is 0 Å². The van der Waals surface area contributed by atoms with Gasteiger partial charge in [-0.3, -0.25) is 10.1 Å². The van der Waals surface area contributed by atoms with Crippen LogP contribution in [-0.2, 0) is 13.0 Å². The van der Waals surface area contributed by atoms with Crippen molar-refractivity contribution >= 4 is 6.03 Å². The van der Waals surface area contributed by atoms with Crippen molar-refractivity contribution < 1.29 is 4.79 Å². The second kappa shape index (κ2) is 9.59. The van der Waals surface area contributed by atoms with Crippen LogP contribution < -0.4 is 5.32 Å². The van der Waals surface area contributed by atoms with E-state index in [0.29, 0.717) is 13.1 Å². The molecule has 6 rings (SSSR count). The van der Waals surface area contributed by atoms with E-state index in [1.807, 2.05) is 23.1 Å². The number of nitrogens with one attached hydrogen (secondary N) is 2. The molecule has 2 aliphatic heterocycles. The van der Waals surface area contributed by atoms with Gasteiger partial charge in [0.2, 0.25) is 0 Å². The molecule has 2 aliphatic rings. The highest BCUT2D eigenvalue weighted by atomic mass is 16.2. The second-order valence-electron chi connectivity index (χ2n) is 9.77. The van der Waals surface area contributed by atoms with E-state index in [9.17, 15) is 4.79 Å². The van der Waals surface area contributed by atoms with Gasteiger partial charge in [0.25, 0.3) is 0 Å². The minimum Gasteiger partial charge on any atom is -0.333 e. The first-order chi connectivity index (χ1) is 17.7. The van der Waals surface area contributed by atoms with E-state index in [2.05, 4.69) is 81.0 Å². The quantitative estimate of drug-likeness (QED) is 0.458. The maximum Gasteiger partial charge on any atom is 0.317 e. The number of likely N-dealkylation sites (N-methyl/N-ethyl adjacent to an activating group) is 1. The Balaban J connectivity index is 1.22. The zero-order valence-corrected chi connectivity index (χ0v) is 20.4. The average Bonchev–Trinajstić information content (AvgIpc) is 3.52. The number of aromatic nitrogens is 3. The fourth-order valence-corrected chi connectivity index (χ4v) is 5.63. The number of hydrogen-bond donors (Lipinski definition) is 2. The Kier molecular flexibility index (Phi) is 5.99. The standard InChI is InChI=1S/C29H30N6O/c1-34-17-24(23-10-6-5-9-22(23)20-7-3-2-4-8-20)27(19-34)31-29(36)35-16-13-26-25(18-35)28(33-32-26)21-11-14-30-15-12-21/h2-12,14-15,24,27H,13,16-19H2,1H3,(H,31,36)(H,32,33). The summed E-state index contributed by atoms with van der Waals surface area (Å²) < 4.78 is 0. The van der Waals surface area contributed by atoms with Gasteiger partial charge in [0.05, 0.1) is 18.3 Å². The zero-order valence-electron chi connectivity index (χ0n) is 20.4. The predicted molar refractivity (Wildman–Crippen MR) is 140 cm³/mol. The van der Waals surface area contributed by atoms with E-state index < -0.39 is 0 Å². The lowest BCUT2D eigenvalue weighted by Gasteiger charge is -2.30. The molecule has 4 aromatic rings. The highest BCUT2D eigenvalue weighted by Gasteiger charge is 2.36. The van der Waals surface area contributed by atoms with Crippen LogP contribution >= 0.6 is 0 Å². The first kappa shape index (κ1) is 22.5. The van der Waals surface area contributed by atoms with E-state index in [-0.39, 0.29) is 18.0 Å². The number of likely N-dealkylation sites (tertiary alicyclic amines) is 1. The van der Waals surface area contributed by atoms with Crippen LogP contribution in [0.3, 0.4) is 0 Å². The molecule has 2 N–H and O–H groups in total. The normalized spacial score (nSPS) is 19.8. The van der Waals surface area contributed by atoms with Gasteiger partial charge < -0.3 is 15.1 Å². The summed E-state index contributed by atoms with van der Waals surface area (Å²) in [7, 11) is 2.13. The predicted octanol–water partition coefficient (Wildman–Crippen LogP) is 4.30. The summed E-state index contributed by atoms with van der Waals surface area (Å²) >= 11 is 0. The van der Waals surface area contributed by atoms with Crippen molar-refractivity contribution in [1.82, 2.24) is 30.3 Å². The van der Waals surface area contributed by atoms with Gasteiger partial charge in [0.15, 0.2) is 0 Å². The Hall–Kier alpha value is -3.97. The van der Waals surface area contributed by atoms with Crippen molar-refractivity contribution in [2.24, 2.45) is 0 Å². The minimum atomic E-state index is -0.00924. The average molecular weight is 479 g/mol. The van der Waals surface area contributed by atoms with Gasteiger partial charge in [0.1, 0.15) is 0 Å². The Morgan fingerprint density at radius 3 is 2.58 bits per heavy atom. The number of amides is 2. The molecule has 0 bridgehead atoms. The topological polar surface area (TPSA) is 77.2 Å². The number of urea groups is 1. The van der Waals surface area contributed by atoms with Gasteiger partial charge in [-0.05, 0) is 35.9 Å². The first-order valence-corrected chi connectivity index (χ1v) is 12.5. The number of carbonyl (C=O) groups excluding carboxylic acids is 1. The molecular weight excluding hydrogens is 448 g/mol. The molecule has 0 aliphatic carbocycles. The first-order valence-electron chi connectivity index (χ1n) is 12.5. The van der Waals surface area contributed by atoms with Crippen molar-refractivity contribution in [3.8, 4) is 22.4 Å². The van der Waals surface area contributed by atoms with Crippen LogP contribution in [0.2, 0.25) is 0 Å². The van der Waals surface area contributed by atoms with Crippen molar-refractivity contribution in [3.05, 3.63) is 95.9 Å². The van der Waals surface area contributed by atoms with Crippen LogP contribution in [0.5, 0.6) is 0 Å². The third-order valence-corrected chi connectivity index (χ3v) is 7.43. The Morgan fingerprint density at radius 1 is 0.972 bits per heavy atom. The molecule has 0 saturated carbocycles. The van der Waals surface area contributed by atoms with E-state index in [1.54, 1.807) is 12.4 Å². The van der Waals surface area contributed by atoms with Crippen molar-refractivity contribution in [3.63, 3.8) is 0 Å². The van der Waals surface area contributed by atoms with Crippen LogP contribution in [0.25, 0.3) is 22.4 Å². The lowest BCUT2D eigenvalue weighted by molar-refractivity contribution is 0.187. The van der Waals surface area contributed by atoms with E-state index in [4.69, 9.17) is 0 Å². The van der Waals surface area contributed by atoms with Crippen LogP contribution in [0.4, 0.5) is 4.79 Å². The number of aromatic amines is 1. The molecule has 2 aromatic heterocycles. The van der Waals surface area contributed by atoms with E-state index in [0.717, 1.165) is 42.0 Å². The molecule has 1 fully saturated rings. The summed E-state index contributed by atoms with van der Waals surface area (Å²) in [6.07, 6.45) is 4.31. The SMILES string of the molecule is CN1CC(NC(=O)N2CCc3[nH]nc(-c4ccncc4)c3C2)C(c2ccccc2-c2ccccc2)C1. The summed E-state index contributed by atoms with van der Waals surface area (Å²) in [5.74, 6) is 0.219. The number of fused-ring (bicyclic) bond motifs is 1. The van der Waals surface area contributed by atoms with Crippen molar-refractivity contribution in [1.29, 1.82) is 0 Å². The molecule has 2 aromatic carbocycles.